The van der Waals surface area contributed by atoms with Crippen molar-refractivity contribution in [3.63, 3.8) is 0 Å². The lowest BCUT2D eigenvalue weighted by Gasteiger charge is -2.48. The predicted octanol–water partition coefficient (Wildman–Crippen LogP) is 3.84. The molecule has 0 amide bonds. The van der Waals surface area contributed by atoms with Gasteiger partial charge in [-0.15, -0.1) is 0 Å². The van der Waals surface area contributed by atoms with Crippen molar-refractivity contribution in [1.29, 1.82) is 0 Å². The lowest BCUT2D eigenvalue weighted by molar-refractivity contribution is 0.250. The molecule has 2 rings (SSSR count). The van der Waals surface area contributed by atoms with Gasteiger partial charge in [-0.25, -0.2) is 0 Å². The minimum atomic E-state index is 0.180. The number of benzene rings is 1. The molecular formula is C18H30N2. The highest BCUT2D eigenvalue weighted by atomic mass is 15.2. The molecule has 2 heteroatoms. The van der Waals surface area contributed by atoms with Gasteiger partial charge in [0.2, 0.25) is 0 Å². The molecule has 1 aliphatic rings. The maximum absolute atomic E-state index is 6.50. The summed E-state index contributed by atoms with van der Waals surface area (Å²) in [5, 5.41) is 0. The normalized spacial score (nSPS) is 22.3. The van der Waals surface area contributed by atoms with E-state index in [2.05, 4.69) is 63.8 Å². The highest BCUT2D eigenvalue weighted by molar-refractivity contribution is 5.57. The number of nitrogens with two attached hydrogens (primary N) is 1. The highest BCUT2D eigenvalue weighted by Crippen LogP contribution is 2.37. The molecule has 0 spiro atoms. The summed E-state index contributed by atoms with van der Waals surface area (Å²) >= 11 is 0. The molecule has 112 valence electrons. The Labute approximate surface area is 124 Å². The van der Waals surface area contributed by atoms with Crippen LogP contribution in [0.3, 0.4) is 0 Å². The van der Waals surface area contributed by atoms with Crippen molar-refractivity contribution in [3.8, 4) is 0 Å². The molecule has 3 unspecified atom stereocenters. The number of para-hydroxylation sites is 1. The Morgan fingerprint density at radius 2 is 1.95 bits per heavy atom. The van der Waals surface area contributed by atoms with Gasteiger partial charge in [0.1, 0.15) is 0 Å². The van der Waals surface area contributed by atoms with E-state index in [0.717, 1.165) is 13.0 Å². The zero-order valence-electron chi connectivity index (χ0n) is 13.7. The second-order valence-corrected chi connectivity index (χ2v) is 7.47. The Morgan fingerprint density at radius 1 is 1.30 bits per heavy atom. The largest absolute Gasteiger partial charge is 0.366 e. The van der Waals surface area contributed by atoms with Crippen molar-refractivity contribution >= 4 is 5.69 Å². The summed E-state index contributed by atoms with van der Waals surface area (Å²) in [5.74, 6) is 0.693. The maximum atomic E-state index is 6.50. The van der Waals surface area contributed by atoms with E-state index in [9.17, 15) is 0 Å². The topological polar surface area (TPSA) is 29.3 Å². The molecule has 0 saturated carbocycles. The van der Waals surface area contributed by atoms with E-state index in [1.165, 1.54) is 17.7 Å². The molecule has 1 aliphatic heterocycles. The first-order valence-electron chi connectivity index (χ1n) is 7.94. The second-order valence-electron chi connectivity index (χ2n) is 7.47. The van der Waals surface area contributed by atoms with Gasteiger partial charge in [0.05, 0.1) is 0 Å². The van der Waals surface area contributed by atoms with Gasteiger partial charge in [0, 0.05) is 24.3 Å². The summed E-state index contributed by atoms with van der Waals surface area (Å²) in [6, 6.07) is 9.45. The molecule has 0 saturated heterocycles. The maximum Gasteiger partial charge on any atom is 0.0489 e. The third kappa shape index (κ3) is 3.01. The van der Waals surface area contributed by atoms with E-state index in [0.29, 0.717) is 12.0 Å². The Morgan fingerprint density at radius 3 is 2.55 bits per heavy atom. The summed E-state index contributed by atoms with van der Waals surface area (Å²) in [4.78, 5) is 2.58. The number of hydrogen-bond acceptors (Lipinski definition) is 2. The van der Waals surface area contributed by atoms with Crippen LogP contribution in [0.1, 0.15) is 46.6 Å². The van der Waals surface area contributed by atoms with E-state index in [1.54, 1.807) is 0 Å². The van der Waals surface area contributed by atoms with E-state index in [-0.39, 0.29) is 11.5 Å². The number of rotatable bonds is 3. The van der Waals surface area contributed by atoms with Crippen LogP contribution >= 0.6 is 0 Å². The van der Waals surface area contributed by atoms with Crippen molar-refractivity contribution in [3.05, 3.63) is 29.8 Å². The van der Waals surface area contributed by atoms with Gasteiger partial charge in [-0.3, -0.25) is 0 Å². The van der Waals surface area contributed by atoms with Crippen LogP contribution in [0.4, 0.5) is 5.69 Å². The van der Waals surface area contributed by atoms with Crippen LogP contribution in [0, 0.1) is 11.3 Å². The molecule has 2 N–H and O–H groups in total. The molecule has 20 heavy (non-hydrogen) atoms. The predicted molar refractivity (Wildman–Crippen MR) is 88.2 cm³/mol. The number of fused-ring (bicyclic) bond motifs is 1. The van der Waals surface area contributed by atoms with Crippen LogP contribution in [-0.2, 0) is 6.42 Å². The molecule has 1 heterocycles. The Bertz CT molecular complexity index is 447. The van der Waals surface area contributed by atoms with Gasteiger partial charge in [-0.2, -0.15) is 0 Å². The van der Waals surface area contributed by atoms with Crippen molar-refractivity contribution in [2.45, 2.75) is 59.5 Å². The standard InChI is InChI=1S/C18H30N2/c1-6-15(19)17(18(3,4)5)20-12-13(2)11-14-9-7-8-10-16(14)20/h7-10,13,15,17H,6,11-12,19H2,1-5H3. The van der Waals surface area contributed by atoms with Gasteiger partial charge < -0.3 is 10.6 Å². The van der Waals surface area contributed by atoms with Gasteiger partial charge >= 0.3 is 0 Å². The fourth-order valence-electron chi connectivity index (χ4n) is 3.67. The first-order chi connectivity index (χ1) is 9.34. The third-order valence-corrected chi connectivity index (χ3v) is 4.48. The number of anilines is 1. The van der Waals surface area contributed by atoms with Crippen molar-refractivity contribution in [2.24, 2.45) is 17.1 Å². The first-order valence-corrected chi connectivity index (χ1v) is 7.94. The second kappa shape index (κ2) is 5.77. The van der Waals surface area contributed by atoms with Crippen molar-refractivity contribution in [1.82, 2.24) is 0 Å². The average Bonchev–Trinajstić information content (AvgIpc) is 2.36. The van der Waals surface area contributed by atoms with E-state index in [4.69, 9.17) is 5.73 Å². The van der Waals surface area contributed by atoms with Crippen LogP contribution in [0.2, 0.25) is 0 Å². The Balaban J connectivity index is 2.43. The molecule has 0 bridgehead atoms. The summed E-state index contributed by atoms with van der Waals surface area (Å²) in [5.41, 5.74) is 9.55. The van der Waals surface area contributed by atoms with Gasteiger partial charge in [0.25, 0.3) is 0 Å². The van der Waals surface area contributed by atoms with Crippen LogP contribution in [0.15, 0.2) is 24.3 Å². The first kappa shape index (κ1) is 15.4. The van der Waals surface area contributed by atoms with E-state index in [1.807, 2.05) is 0 Å². The van der Waals surface area contributed by atoms with Gasteiger partial charge in [-0.1, -0.05) is 52.8 Å². The van der Waals surface area contributed by atoms with Crippen molar-refractivity contribution in [2.75, 3.05) is 11.4 Å². The minimum absolute atomic E-state index is 0.180. The van der Waals surface area contributed by atoms with E-state index >= 15 is 0 Å². The molecule has 0 aliphatic carbocycles. The highest BCUT2D eigenvalue weighted by Gasteiger charge is 2.37. The molecule has 0 fully saturated rings. The smallest absolute Gasteiger partial charge is 0.0489 e. The van der Waals surface area contributed by atoms with Crippen LogP contribution in [0.25, 0.3) is 0 Å². The fourth-order valence-corrected chi connectivity index (χ4v) is 3.67. The number of hydrogen-bond donors (Lipinski definition) is 1. The van der Waals surface area contributed by atoms with Crippen LogP contribution < -0.4 is 10.6 Å². The Hall–Kier alpha value is -1.02. The fraction of sp³-hybridized carbons (Fsp3) is 0.667. The van der Waals surface area contributed by atoms with Crippen LogP contribution in [-0.4, -0.2) is 18.6 Å². The van der Waals surface area contributed by atoms with E-state index < -0.39 is 0 Å². The Kier molecular flexibility index (Phi) is 4.43. The SMILES string of the molecule is CCC(N)C(N1CC(C)Cc2ccccc21)C(C)(C)C. The monoisotopic (exact) mass is 274 g/mol. The lowest BCUT2D eigenvalue weighted by atomic mass is 9.78. The molecular weight excluding hydrogens is 244 g/mol. The zero-order chi connectivity index (χ0) is 14.9. The molecule has 2 nitrogen and oxygen atoms in total. The lowest BCUT2D eigenvalue weighted by Crippen LogP contribution is -2.57. The third-order valence-electron chi connectivity index (χ3n) is 4.48. The molecule has 3 atom stereocenters. The van der Waals surface area contributed by atoms with Crippen molar-refractivity contribution < 1.29 is 0 Å². The summed E-state index contributed by atoms with van der Waals surface area (Å²) < 4.78 is 0. The quantitative estimate of drug-likeness (QED) is 0.907. The summed E-state index contributed by atoms with van der Waals surface area (Å²) in [7, 11) is 0. The summed E-state index contributed by atoms with van der Waals surface area (Å²) in [6.45, 7) is 12.6. The summed E-state index contributed by atoms with van der Waals surface area (Å²) in [6.07, 6.45) is 2.21. The molecule has 1 aromatic carbocycles. The molecule has 1 aromatic rings. The minimum Gasteiger partial charge on any atom is -0.366 e. The molecule has 0 aromatic heterocycles. The van der Waals surface area contributed by atoms with Crippen LogP contribution in [0.5, 0.6) is 0 Å². The average molecular weight is 274 g/mol. The zero-order valence-corrected chi connectivity index (χ0v) is 13.7. The van der Waals surface area contributed by atoms with Gasteiger partial charge in [0.15, 0.2) is 0 Å². The molecule has 0 radical (unpaired) electrons. The number of nitrogens with zero attached hydrogens (tertiary/aromatic N) is 1. The van der Waals surface area contributed by atoms with Gasteiger partial charge in [-0.05, 0) is 35.8 Å².